The molecule has 3 atom stereocenters. The van der Waals surface area contributed by atoms with Crippen molar-refractivity contribution >= 4 is 11.3 Å². The van der Waals surface area contributed by atoms with Crippen molar-refractivity contribution in [1.82, 2.24) is 15.2 Å². The van der Waals surface area contributed by atoms with E-state index in [4.69, 9.17) is 0 Å². The molecule has 2 aliphatic rings. The molecule has 0 bridgehead atoms. The van der Waals surface area contributed by atoms with Gasteiger partial charge < -0.3 is 5.32 Å². The molecule has 2 aliphatic heterocycles. The van der Waals surface area contributed by atoms with Gasteiger partial charge in [-0.2, -0.15) is 0 Å². The predicted molar refractivity (Wildman–Crippen MR) is 66.5 cm³/mol. The Labute approximate surface area is 101 Å². The second kappa shape index (κ2) is 4.43. The van der Waals surface area contributed by atoms with Crippen molar-refractivity contribution in [2.75, 3.05) is 19.6 Å². The molecule has 1 N–H and O–H groups in total. The van der Waals surface area contributed by atoms with Crippen LogP contribution in [0.5, 0.6) is 0 Å². The third-order valence-corrected chi connectivity index (χ3v) is 4.83. The first-order valence-electron chi connectivity index (χ1n) is 6.21. The third-order valence-electron chi connectivity index (χ3n) is 4.06. The van der Waals surface area contributed by atoms with E-state index in [1.54, 1.807) is 11.3 Å². The smallest absolute Gasteiger partial charge is 0.107 e. The highest BCUT2D eigenvalue weighted by molar-refractivity contribution is 7.09. The Bertz CT molecular complexity index is 338. The summed E-state index contributed by atoms with van der Waals surface area (Å²) in [7, 11) is 0. The number of hydrogen-bond donors (Lipinski definition) is 1. The van der Waals surface area contributed by atoms with Gasteiger partial charge in [-0.25, -0.2) is 4.98 Å². The van der Waals surface area contributed by atoms with Crippen LogP contribution >= 0.6 is 11.3 Å². The zero-order valence-corrected chi connectivity index (χ0v) is 10.5. The summed E-state index contributed by atoms with van der Waals surface area (Å²) >= 11 is 1.78. The van der Waals surface area contributed by atoms with Gasteiger partial charge in [-0.1, -0.05) is 6.92 Å². The summed E-state index contributed by atoms with van der Waals surface area (Å²) in [5, 5.41) is 6.88. The van der Waals surface area contributed by atoms with E-state index < -0.39 is 0 Å². The fourth-order valence-corrected chi connectivity index (χ4v) is 4.00. The van der Waals surface area contributed by atoms with Crippen molar-refractivity contribution in [3.63, 3.8) is 0 Å². The van der Waals surface area contributed by atoms with Gasteiger partial charge in [0.2, 0.25) is 0 Å². The fraction of sp³-hybridized carbons (Fsp3) is 0.750. The van der Waals surface area contributed by atoms with Crippen LogP contribution in [0.4, 0.5) is 0 Å². The molecule has 1 aromatic rings. The van der Waals surface area contributed by atoms with E-state index in [-0.39, 0.29) is 0 Å². The van der Waals surface area contributed by atoms with Crippen molar-refractivity contribution in [3.8, 4) is 0 Å². The van der Waals surface area contributed by atoms with Gasteiger partial charge in [0.1, 0.15) is 5.01 Å². The average molecular weight is 237 g/mol. The van der Waals surface area contributed by atoms with Crippen LogP contribution < -0.4 is 5.32 Å². The second-order valence-electron chi connectivity index (χ2n) is 4.91. The summed E-state index contributed by atoms with van der Waals surface area (Å²) in [5.41, 5.74) is 0. The molecular weight excluding hydrogens is 218 g/mol. The lowest BCUT2D eigenvalue weighted by Crippen LogP contribution is -2.34. The van der Waals surface area contributed by atoms with Gasteiger partial charge in [-0.05, 0) is 31.3 Å². The number of likely N-dealkylation sites (tertiary alicyclic amines) is 1. The van der Waals surface area contributed by atoms with E-state index in [0.29, 0.717) is 0 Å². The van der Waals surface area contributed by atoms with Crippen LogP contribution in [-0.2, 0) is 6.54 Å². The standard InChI is InChI=1S/C12H19N3S/c1-2-11-10-6-13-5-9(10)7-15(11)8-12-14-3-4-16-12/h3-4,9-11,13H,2,5-8H2,1H3. The fourth-order valence-electron chi connectivity index (χ4n) is 3.36. The molecule has 0 aliphatic carbocycles. The minimum atomic E-state index is 0.767. The quantitative estimate of drug-likeness (QED) is 0.865. The predicted octanol–water partition coefficient (Wildman–Crippen LogP) is 1.57. The molecule has 3 nitrogen and oxygen atoms in total. The number of nitrogens with zero attached hydrogens (tertiary/aromatic N) is 2. The van der Waals surface area contributed by atoms with Crippen molar-refractivity contribution in [1.29, 1.82) is 0 Å². The van der Waals surface area contributed by atoms with Gasteiger partial charge in [0, 0.05) is 24.2 Å². The third kappa shape index (κ3) is 1.79. The number of fused-ring (bicyclic) bond motifs is 1. The molecule has 88 valence electrons. The average Bonchev–Trinajstić information content (AvgIpc) is 2.93. The van der Waals surface area contributed by atoms with Gasteiger partial charge in [-0.15, -0.1) is 11.3 Å². The molecule has 0 aromatic carbocycles. The van der Waals surface area contributed by atoms with Crippen molar-refractivity contribution in [2.24, 2.45) is 11.8 Å². The largest absolute Gasteiger partial charge is 0.316 e. The molecule has 2 saturated heterocycles. The number of rotatable bonds is 3. The molecule has 16 heavy (non-hydrogen) atoms. The second-order valence-corrected chi connectivity index (χ2v) is 5.89. The van der Waals surface area contributed by atoms with Crippen molar-refractivity contribution in [2.45, 2.75) is 25.9 Å². The van der Waals surface area contributed by atoms with Crippen LogP contribution in [0.25, 0.3) is 0 Å². The minimum Gasteiger partial charge on any atom is -0.316 e. The molecule has 3 rings (SSSR count). The molecule has 2 fully saturated rings. The zero-order valence-electron chi connectivity index (χ0n) is 9.72. The monoisotopic (exact) mass is 237 g/mol. The van der Waals surface area contributed by atoms with Crippen molar-refractivity contribution in [3.05, 3.63) is 16.6 Å². The first-order chi connectivity index (χ1) is 7.88. The van der Waals surface area contributed by atoms with Crippen LogP contribution in [0, 0.1) is 11.8 Å². The lowest BCUT2D eigenvalue weighted by molar-refractivity contribution is 0.210. The molecule has 0 saturated carbocycles. The Morgan fingerprint density at radius 2 is 2.50 bits per heavy atom. The lowest BCUT2D eigenvalue weighted by Gasteiger charge is -2.25. The number of hydrogen-bond acceptors (Lipinski definition) is 4. The molecule has 4 heteroatoms. The Morgan fingerprint density at radius 3 is 3.25 bits per heavy atom. The highest BCUT2D eigenvalue weighted by Gasteiger charge is 2.42. The summed E-state index contributed by atoms with van der Waals surface area (Å²) in [4.78, 5) is 7.05. The summed E-state index contributed by atoms with van der Waals surface area (Å²) in [6.45, 7) is 7.08. The van der Waals surface area contributed by atoms with Crippen LogP contribution in [0.15, 0.2) is 11.6 Å². The molecular formula is C12H19N3S. The van der Waals surface area contributed by atoms with Gasteiger partial charge in [0.05, 0.1) is 6.54 Å². The molecule has 0 radical (unpaired) electrons. The summed E-state index contributed by atoms with van der Waals surface area (Å²) in [6, 6.07) is 0.767. The molecule has 1 aromatic heterocycles. The summed E-state index contributed by atoms with van der Waals surface area (Å²) in [5.74, 6) is 1.76. The van der Waals surface area contributed by atoms with E-state index in [2.05, 4.69) is 27.5 Å². The molecule has 0 spiro atoms. The maximum absolute atomic E-state index is 4.40. The zero-order chi connectivity index (χ0) is 11.0. The molecule has 3 heterocycles. The summed E-state index contributed by atoms with van der Waals surface area (Å²) < 4.78 is 0. The first-order valence-corrected chi connectivity index (χ1v) is 7.09. The maximum Gasteiger partial charge on any atom is 0.107 e. The van der Waals surface area contributed by atoms with E-state index in [0.717, 1.165) is 24.4 Å². The topological polar surface area (TPSA) is 28.2 Å². The summed E-state index contributed by atoms with van der Waals surface area (Å²) in [6.07, 6.45) is 3.19. The highest BCUT2D eigenvalue weighted by atomic mass is 32.1. The van der Waals surface area contributed by atoms with E-state index >= 15 is 0 Å². The highest BCUT2D eigenvalue weighted by Crippen LogP contribution is 2.35. The Hall–Kier alpha value is -0.450. The Kier molecular flexibility index (Phi) is 2.96. The van der Waals surface area contributed by atoms with Gasteiger partial charge in [0.25, 0.3) is 0 Å². The van der Waals surface area contributed by atoms with Crippen LogP contribution in [-0.4, -0.2) is 35.6 Å². The van der Waals surface area contributed by atoms with Gasteiger partial charge in [-0.3, -0.25) is 4.90 Å². The molecule has 0 amide bonds. The Balaban J connectivity index is 1.71. The normalized spacial score (nSPS) is 34.4. The maximum atomic E-state index is 4.40. The van der Waals surface area contributed by atoms with Gasteiger partial charge >= 0.3 is 0 Å². The Morgan fingerprint density at radius 1 is 1.56 bits per heavy atom. The number of nitrogens with one attached hydrogen (secondary N) is 1. The van der Waals surface area contributed by atoms with Crippen LogP contribution in [0.3, 0.4) is 0 Å². The SMILES string of the molecule is CCC1C2CNCC2CN1Cc1nccs1. The number of aromatic nitrogens is 1. The minimum absolute atomic E-state index is 0.767. The van der Waals surface area contributed by atoms with E-state index in [9.17, 15) is 0 Å². The van der Waals surface area contributed by atoms with E-state index in [1.165, 1.54) is 31.1 Å². The molecule has 3 unspecified atom stereocenters. The lowest BCUT2D eigenvalue weighted by atomic mass is 9.93. The number of thiazole rings is 1. The van der Waals surface area contributed by atoms with Crippen LogP contribution in [0.1, 0.15) is 18.4 Å². The van der Waals surface area contributed by atoms with Crippen molar-refractivity contribution < 1.29 is 0 Å². The van der Waals surface area contributed by atoms with E-state index in [1.807, 2.05) is 6.20 Å². The van der Waals surface area contributed by atoms with Gasteiger partial charge in [0.15, 0.2) is 0 Å². The first kappa shape index (κ1) is 10.7. The van der Waals surface area contributed by atoms with Crippen LogP contribution in [0.2, 0.25) is 0 Å².